The fourth-order valence-corrected chi connectivity index (χ4v) is 1.94. The third kappa shape index (κ3) is 3.83. The molecule has 0 unspecified atom stereocenters. The Balaban J connectivity index is 2.13. The van der Waals surface area contributed by atoms with E-state index in [1.165, 1.54) is 16.7 Å². The molecule has 0 amide bonds. The maximum Gasteiger partial charge on any atom is 0.119 e. The van der Waals surface area contributed by atoms with E-state index in [1.54, 1.807) is 7.11 Å². The van der Waals surface area contributed by atoms with Gasteiger partial charge in [0.25, 0.3) is 0 Å². The van der Waals surface area contributed by atoms with Crippen LogP contribution < -0.4 is 10.1 Å². The molecule has 2 aromatic carbocycles. The van der Waals surface area contributed by atoms with E-state index in [-0.39, 0.29) is 0 Å². The first-order valence-corrected chi connectivity index (χ1v) is 6.66. The van der Waals surface area contributed by atoms with E-state index in [0.717, 1.165) is 12.3 Å². The Morgan fingerprint density at radius 2 is 1.74 bits per heavy atom. The molecular formula is C17H21NO. The summed E-state index contributed by atoms with van der Waals surface area (Å²) in [6, 6.07) is 17.3. The molecule has 0 aliphatic rings. The van der Waals surface area contributed by atoms with Crippen molar-refractivity contribution in [3.8, 4) is 16.9 Å². The maximum absolute atomic E-state index is 5.25. The fourth-order valence-electron chi connectivity index (χ4n) is 1.94. The van der Waals surface area contributed by atoms with Crippen LogP contribution in [0, 0.1) is 0 Å². The second-order valence-corrected chi connectivity index (χ2v) is 4.96. The lowest BCUT2D eigenvalue weighted by molar-refractivity contribution is 0.415. The smallest absolute Gasteiger partial charge is 0.119 e. The zero-order valence-electron chi connectivity index (χ0n) is 11.8. The van der Waals surface area contributed by atoms with E-state index < -0.39 is 0 Å². The number of hydrogen-bond acceptors (Lipinski definition) is 2. The Morgan fingerprint density at radius 3 is 2.37 bits per heavy atom. The molecule has 0 saturated carbocycles. The molecule has 0 fully saturated rings. The molecule has 0 atom stereocenters. The Bertz CT molecular complexity index is 517. The van der Waals surface area contributed by atoms with Crippen LogP contribution in [0.1, 0.15) is 19.4 Å². The molecule has 0 aliphatic heterocycles. The monoisotopic (exact) mass is 255 g/mol. The average Bonchev–Trinajstić information content (AvgIpc) is 2.45. The number of hydrogen-bond donors (Lipinski definition) is 1. The number of nitrogens with one attached hydrogen (secondary N) is 1. The minimum atomic E-state index is 0.512. The number of rotatable bonds is 5. The van der Waals surface area contributed by atoms with Crippen LogP contribution in [0.3, 0.4) is 0 Å². The normalized spacial score (nSPS) is 10.7. The Hall–Kier alpha value is -1.80. The lowest BCUT2D eigenvalue weighted by Crippen LogP contribution is -2.21. The summed E-state index contributed by atoms with van der Waals surface area (Å²) in [5.41, 5.74) is 3.70. The van der Waals surface area contributed by atoms with Gasteiger partial charge in [-0.1, -0.05) is 50.2 Å². The molecular weight excluding hydrogens is 234 g/mol. The van der Waals surface area contributed by atoms with Gasteiger partial charge in [-0.3, -0.25) is 0 Å². The fraction of sp³-hybridized carbons (Fsp3) is 0.294. The van der Waals surface area contributed by atoms with Crippen molar-refractivity contribution in [1.29, 1.82) is 0 Å². The Kier molecular flexibility index (Phi) is 4.58. The van der Waals surface area contributed by atoms with Gasteiger partial charge in [0, 0.05) is 12.6 Å². The largest absolute Gasteiger partial charge is 0.497 e. The summed E-state index contributed by atoms with van der Waals surface area (Å²) in [6.07, 6.45) is 0. The van der Waals surface area contributed by atoms with Gasteiger partial charge >= 0.3 is 0 Å². The van der Waals surface area contributed by atoms with Crippen LogP contribution >= 0.6 is 0 Å². The zero-order chi connectivity index (χ0) is 13.7. The van der Waals surface area contributed by atoms with Crippen LogP contribution in [0.5, 0.6) is 5.75 Å². The standard InChI is InChI=1S/C17H21NO/c1-13(2)18-12-14-7-9-15(10-8-14)16-5-4-6-17(11-16)19-3/h4-11,13,18H,12H2,1-3H3. The lowest BCUT2D eigenvalue weighted by Gasteiger charge is -2.09. The van der Waals surface area contributed by atoms with E-state index in [4.69, 9.17) is 4.74 Å². The van der Waals surface area contributed by atoms with Crippen LogP contribution in [0.4, 0.5) is 0 Å². The summed E-state index contributed by atoms with van der Waals surface area (Å²) in [4.78, 5) is 0. The first-order chi connectivity index (χ1) is 9.19. The second kappa shape index (κ2) is 6.39. The molecule has 2 heteroatoms. The van der Waals surface area contributed by atoms with E-state index in [2.05, 4.69) is 55.6 Å². The van der Waals surface area contributed by atoms with Gasteiger partial charge in [-0.15, -0.1) is 0 Å². The van der Waals surface area contributed by atoms with Crippen molar-refractivity contribution in [2.24, 2.45) is 0 Å². The lowest BCUT2D eigenvalue weighted by atomic mass is 10.0. The highest BCUT2D eigenvalue weighted by molar-refractivity contribution is 5.65. The summed E-state index contributed by atoms with van der Waals surface area (Å²) in [5, 5.41) is 3.42. The van der Waals surface area contributed by atoms with Crippen LogP contribution in [0.25, 0.3) is 11.1 Å². The summed E-state index contributed by atoms with van der Waals surface area (Å²) in [5.74, 6) is 0.892. The van der Waals surface area contributed by atoms with Crippen molar-refractivity contribution in [2.75, 3.05) is 7.11 Å². The maximum atomic E-state index is 5.25. The molecule has 0 bridgehead atoms. The Labute approximate surface area is 115 Å². The van der Waals surface area contributed by atoms with Gasteiger partial charge < -0.3 is 10.1 Å². The van der Waals surface area contributed by atoms with Gasteiger partial charge in [0.05, 0.1) is 7.11 Å². The minimum Gasteiger partial charge on any atom is -0.497 e. The molecule has 100 valence electrons. The summed E-state index contributed by atoms with van der Waals surface area (Å²) in [6.45, 7) is 5.23. The predicted octanol–water partition coefficient (Wildman–Crippen LogP) is 3.86. The number of benzene rings is 2. The highest BCUT2D eigenvalue weighted by Gasteiger charge is 2.00. The topological polar surface area (TPSA) is 21.3 Å². The quantitative estimate of drug-likeness (QED) is 0.876. The third-order valence-electron chi connectivity index (χ3n) is 3.07. The van der Waals surface area contributed by atoms with Crippen molar-refractivity contribution >= 4 is 0 Å². The van der Waals surface area contributed by atoms with E-state index in [1.807, 2.05) is 12.1 Å². The first-order valence-electron chi connectivity index (χ1n) is 6.66. The van der Waals surface area contributed by atoms with Crippen molar-refractivity contribution in [1.82, 2.24) is 5.32 Å². The third-order valence-corrected chi connectivity index (χ3v) is 3.07. The summed E-state index contributed by atoms with van der Waals surface area (Å²) in [7, 11) is 1.69. The molecule has 0 aromatic heterocycles. The van der Waals surface area contributed by atoms with E-state index >= 15 is 0 Å². The molecule has 1 N–H and O–H groups in total. The van der Waals surface area contributed by atoms with Crippen molar-refractivity contribution in [3.63, 3.8) is 0 Å². The first kappa shape index (κ1) is 13.6. The molecule has 19 heavy (non-hydrogen) atoms. The van der Waals surface area contributed by atoms with Crippen molar-refractivity contribution < 1.29 is 4.74 Å². The van der Waals surface area contributed by atoms with Gasteiger partial charge in [0.1, 0.15) is 5.75 Å². The van der Waals surface area contributed by atoms with Gasteiger partial charge in [-0.2, -0.15) is 0 Å². The molecule has 0 radical (unpaired) electrons. The average molecular weight is 255 g/mol. The van der Waals surface area contributed by atoms with Crippen molar-refractivity contribution in [2.45, 2.75) is 26.4 Å². The molecule has 0 saturated heterocycles. The zero-order valence-corrected chi connectivity index (χ0v) is 11.8. The summed E-state index contributed by atoms with van der Waals surface area (Å²) >= 11 is 0. The molecule has 0 heterocycles. The highest BCUT2D eigenvalue weighted by atomic mass is 16.5. The molecule has 0 spiro atoms. The van der Waals surface area contributed by atoms with Gasteiger partial charge in [-0.05, 0) is 28.8 Å². The van der Waals surface area contributed by atoms with E-state index in [9.17, 15) is 0 Å². The predicted molar refractivity (Wildman–Crippen MR) is 80.4 cm³/mol. The Morgan fingerprint density at radius 1 is 1.00 bits per heavy atom. The minimum absolute atomic E-state index is 0.512. The van der Waals surface area contributed by atoms with Crippen LogP contribution in [0.2, 0.25) is 0 Å². The van der Waals surface area contributed by atoms with Crippen LogP contribution in [0.15, 0.2) is 48.5 Å². The van der Waals surface area contributed by atoms with Gasteiger partial charge in [0.15, 0.2) is 0 Å². The number of ether oxygens (including phenoxy) is 1. The highest BCUT2D eigenvalue weighted by Crippen LogP contribution is 2.23. The number of methoxy groups -OCH3 is 1. The second-order valence-electron chi connectivity index (χ2n) is 4.96. The molecule has 2 nitrogen and oxygen atoms in total. The molecule has 2 rings (SSSR count). The SMILES string of the molecule is COc1cccc(-c2ccc(CNC(C)C)cc2)c1. The van der Waals surface area contributed by atoms with Crippen molar-refractivity contribution in [3.05, 3.63) is 54.1 Å². The molecule has 0 aliphatic carbocycles. The van der Waals surface area contributed by atoms with E-state index in [0.29, 0.717) is 6.04 Å². The summed E-state index contributed by atoms with van der Waals surface area (Å²) < 4.78 is 5.25. The van der Waals surface area contributed by atoms with Gasteiger partial charge in [0.2, 0.25) is 0 Å². The van der Waals surface area contributed by atoms with Gasteiger partial charge in [-0.25, -0.2) is 0 Å². The van der Waals surface area contributed by atoms with Crippen LogP contribution in [-0.2, 0) is 6.54 Å². The van der Waals surface area contributed by atoms with Crippen LogP contribution in [-0.4, -0.2) is 13.2 Å². The molecule has 2 aromatic rings.